The minimum Gasteiger partial charge on any atom is -0.396 e. The van der Waals surface area contributed by atoms with Gasteiger partial charge in [-0.05, 0) is 26.9 Å². The van der Waals surface area contributed by atoms with Gasteiger partial charge in [-0.1, -0.05) is 0 Å². The lowest BCUT2D eigenvalue weighted by molar-refractivity contribution is -0.133. The molecule has 1 aliphatic heterocycles. The second-order valence-corrected chi connectivity index (χ2v) is 5.21. The molecule has 0 atom stereocenters. The van der Waals surface area contributed by atoms with Gasteiger partial charge in [0.1, 0.15) is 0 Å². The molecule has 0 aromatic rings. The number of hydrogen-bond donors (Lipinski definition) is 1. The average molecular weight is 257 g/mol. The van der Waals surface area contributed by atoms with Gasteiger partial charge in [0, 0.05) is 52.3 Å². The van der Waals surface area contributed by atoms with Crippen LogP contribution in [0.3, 0.4) is 0 Å². The van der Waals surface area contributed by atoms with Crippen LogP contribution in [0, 0.1) is 0 Å². The maximum atomic E-state index is 11.9. The van der Waals surface area contributed by atoms with Gasteiger partial charge >= 0.3 is 0 Å². The fraction of sp³-hybridized carbons (Fsp3) is 0.923. The van der Waals surface area contributed by atoms with Crippen molar-refractivity contribution >= 4 is 5.91 Å². The summed E-state index contributed by atoms with van der Waals surface area (Å²) in [4.78, 5) is 18.4. The van der Waals surface area contributed by atoms with Crippen LogP contribution in [-0.2, 0) is 4.79 Å². The standard InChI is InChI=1S/C13H27N3O2/c1-14(2)6-7-15-8-10-16(11-9-15)13(18)5-3-4-12-17/h17H,3-12H2,1-2H3. The number of carbonyl (C=O) groups is 1. The van der Waals surface area contributed by atoms with Gasteiger partial charge in [-0.3, -0.25) is 9.69 Å². The van der Waals surface area contributed by atoms with Crippen molar-refractivity contribution in [2.75, 3.05) is 60.0 Å². The predicted octanol–water partition coefficient (Wildman–Crippen LogP) is -0.145. The Kier molecular flexibility index (Phi) is 7.23. The van der Waals surface area contributed by atoms with Crippen LogP contribution in [0.2, 0.25) is 0 Å². The SMILES string of the molecule is CN(C)CCN1CCN(C(=O)CCCCO)CC1. The molecule has 1 rings (SSSR count). The average Bonchev–Trinajstić information content (AvgIpc) is 2.37. The minimum atomic E-state index is 0.186. The molecule has 0 aromatic heterocycles. The highest BCUT2D eigenvalue weighted by Gasteiger charge is 2.20. The smallest absolute Gasteiger partial charge is 0.222 e. The van der Waals surface area contributed by atoms with Gasteiger partial charge < -0.3 is 14.9 Å². The Hall–Kier alpha value is -0.650. The van der Waals surface area contributed by atoms with Crippen LogP contribution in [-0.4, -0.2) is 85.7 Å². The van der Waals surface area contributed by atoms with Crippen LogP contribution < -0.4 is 0 Å². The van der Waals surface area contributed by atoms with Gasteiger partial charge in [0.2, 0.25) is 5.91 Å². The van der Waals surface area contributed by atoms with Gasteiger partial charge in [-0.2, -0.15) is 0 Å². The second kappa shape index (κ2) is 8.45. The maximum Gasteiger partial charge on any atom is 0.222 e. The van der Waals surface area contributed by atoms with E-state index < -0.39 is 0 Å². The van der Waals surface area contributed by atoms with E-state index in [0.29, 0.717) is 6.42 Å². The molecule has 106 valence electrons. The molecule has 0 unspecified atom stereocenters. The molecule has 0 radical (unpaired) electrons. The van der Waals surface area contributed by atoms with Crippen LogP contribution in [0.4, 0.5) is 0 Å². The van der Waals surface area contributed by atoms with Crippen molar-refractivity contribution in [1.82, 2.24) is 14.7 Å². The molecule has 5 nitrogen and oxygen atoms in total. The number of piperazine rings is 1. The molecule has 1 N–H and O–H groups in total. The van der Waals surface area contributed by atoms with Crippen molar-refractivity contribution in [2.45, 2.75) is 19.3 Å². The Labute approximate surface area is 110 Å². The fourth-order valence-electron chi connectivity index (χ4n) is 2.11. The monoisotopic (exact) mass is 257 g/mol. The Morgan fingerprint density at radius 1 is 1.17 bits per heavy atom. The van der Waals surface area contributed by atoms with Crippen LogP contribution in [0.1, 0.15) is 19.3 Å². The summed E-state index contributed by atoms with van der Waals surface area (Å²) in [5.74, 6) is 0.246. The number of aliphatic hydroxyl groups excluding tert-OH is 1. The number of aliphatic hydroxyl groups is 1. The number of amides is 1. The number of carbonyl (C=O) groups excluding carboxylic acids is 1. The summed E-state index contributed by atoms with van der Waals surface area (Å²) < 4.78 is 0. The van der Waals surface area contributed by atoms with E-state index >= 15 is 0 Å². The molecule has 0 aliphatic carbocycles. The van der Waals surface area contributed by atoms with Crippen molar-refractivity contribution in [3.8, 4) is 0 Å². The van der Waals surface area contributed by atoms with E-state index in [0.717, 1.165) is 52.1 Å². The zero-order valence-electron chi connectivity index (χ0n) is 11.8. The zero-order chi connectivity index (χ0) is 13.4. The van der Waals surface area contributed by atoms with E-state index in [9.17, 15) is 4.79 Å². The number of nitrogens with zero attached hydrogens (tertiary/aromatic N) is 3. The molecule has 0 spiro atoms. The van der Waals surface area contributed by atoms with E-state index in [1.165, 1.54) is 0 Å². The Morgan fingerprint density at radius 2 is 1.83 bits per heavy atom. The highest BCUT2D eigenvalue weighted by molar-refractivity contribution is 5.76. The third-order valence-electron chi connectivity index (χ3n) is 3.39. The van der Waals surface area contributed by atoms with Crippen molar-refractivity contribution in [2.24, 2.45) is 0 Å². The van der Waals surface area contributed by atoms with Gasteiger partial charge in [0.25, 0.3) is 0 Å². The maximum absolute atomic E-state index is 11.9. The molecule has 18 heavy (non-hydrogen) atoms. The quantitative estimate of drug-likeness (QED) is 0.645. The van der Waals surface area contributed by atoms with Crippen LogP contribution in [0.5, 0.6) is 0 Å². The number of unbranched alkanes of at least 4 members (excludes halogenated alkanes) is 1. The number of likely N-dealkylation sites (N-methyl/N-ethyl adjacent to an activating group) is 1. The first kappa shape index (κ1) is 15.4. The van der Waals surface area contributed by atoms with Crippen molar-refractivity contribution in [1.29, 1.82) is 0 Å². The van der Waals surface area contributed by atoms with Crippen LogP contribution >= 0.6 is 0 Å². The molecule has 0 bridgehead atoms. The second-order valence-electron chi connectivity index (χ2n) is 5.21. The fourth-order valence-corrected chi connectivity index (χ4v) is 2.11. The predicted molar refractivity (Wildman–Crippen MR) is 72.5 cm³/mol. The van der Waals surface area contributed by atoms with Crippen molar-refractivity contribution in [3.05, 3.63) is 0 Å². The third-order valence-corrected chi connectivity index (χ3v) is 3.39. The lowest BCUT2D eigenvalue weighted by Crippen LogP contribution is -2.49. The summed E-state index contributed by atoms with van der Waals surface area (Å²) in [6, 6.07) is 0. The van der Waals surface area contributed by atoms with Gasteiger partial charge in [0.15, 0.2) is 0 Å². The normalized spacial score (nSPS) is 17.4. The van der Waals surface area contributed by atoms with E-state index in [4.69, 9.17) is 5.11 Å². The Balaban J connectivity index is 2.16. The molecular weight excluding hydrogens is 230 g/mol. The molecule has 1 fully saturated rings. The molecule has 1 heterocycles. The summed E-state index contributed by atoms with van der Waals surface area (Å²) in [7, 11) is 4.17. The van der Waals surface area contributed by atoms with Gasteiger partial charge in [0.05, 0.1) is 0 Å². The molecule has 0 saturated carbocycles. The summed E-state index contributed by atoms with van der Waals surface area (Å²) in [5.41, 5.74) is 0. The van der Waals surface area contributed by atoms with E-state index in [2.05, 4.69) is 23.9 Å². The van der Waals surface area contributed by atoms with Crippen LogP contribution in [0.25, 0.3) is 0 Å². The Morgan fingerprint density at radius 3 is 2.39 bits per heavy atom. The van der Waals surface area contributed by atoms with Gasteiger partial charge in [-0.15, -0.1) is 0 Å². The molecule has 5 heteroatoms. The van der Waals surface area contributed by atoms with Crippen molar-refractivity contribution < 1.29 is 9.90 Å². The topological polar surface area (TPSA) is 47.0 Å². The van der Waals surface area contributed by atoms with E-state index in [1.807, 2.05) is 4.90 Å². The first-order valence-corrected chi connectivity index (χ1v) is 6.89. The summed E-state index contributed by atoms with van der Waals surface area (Å²) >= 11 is 0. The minimum absolute atomic E-state index is 0.186. The summed E-state index contributed by atoms with van der Waals surface area (Å²) in [6.07, 6.45) is 2.11. The molecule has 0 aromatic carbocycles. The lowest BCUT2D eigenvalue weighted by atomic mass is 10.2. The lowest BCUT2D eigenvalue weighted by Gasteiger charge is -2.35. The van der Waals surface area contributed by atoms with E-state index in [1.54, 1.807) is 0 Å². The highest BCUT2D eigenvalue weighted by Crippen LogP contribution is 2.06. The number of hydrogen-bond acceptors (Lipinski definition) is 4. The summed E-state index contributed by atoms with van der Waals surface area (Å²) in [5, 5.41) is 8.69. The first-order chi connectivity index (χ1) is 8.63. The zero-order valence-corrected chi connectivity index (χ0v) is 11.8. The molecule has 1 amide bonds. The van der Waals surface area contributed by atoms with Crippen molar-refractivity contribution in [3.63, 3.8) is 0 Å². The highest BCUT2D eigenvalue weighted by atomic mass is 16.3. The Bertz CT molecular complexity index is 238. The van der Waals surface area contributed by atoms with Gasteiger partial charge in [-0.25, -0.2) is 0 Å². The molecule has 1 aliphatic rings. The first-order valence-electron chi connectivity index (χ1n) is 6.89. The summed E-state index contributed by atoms with van der Waals surface area (Å²) in [6.45, 7) is 6.02. The largest absolute Gasteiger partial charge is 0.396 e. The van der Waals surface area contributed by atoms with E-state index in [-0.39, 0.29) is 12.5 Å². The molecule has 1 saturated heterocycles. The number of rotatable bonds is 7. The van der Waals surface area contributed by atoms with Crippen LogP contribution in [0.15, 0.2) is 0 Å². The molecular formula is C13H27N3O2. The third kappa shape index (κ3) is 5.80.